The van der Waals surface area contributed by atoms with E-state index in [9.17, 15) is 9.59 Å². The molecule has 1 saturated heterocycles. The summed E-state index contributed by atoms with van der Waals surface area (Å²) in [4.78, 5) is 29.2. The van der Waals surface area contributed by atoms with Gasteiger partial charge in [-0.15, -0.1) is 0 Å². The van der Waals surface area contributed by atoms with Crippen LogP contribution in [0.25, 0.3) is 11.0 Å². The van der Waals surface area contributed by atoms with Gasteiger partial charge in [0.05, 0.1) is 6.67 Å². The van der Waals surface area contributed by atoms with Gasteiger partial charge in [-0.1, -0.05) is 42.5 Å². The van der Waals surface area contributed by atoms with Crippen LogP contribution in [0.15, 0.2) is 59.0 Å². The maximum Gasteiger partial charge on any atom is 0.326 e. The molecule has 1 atom stereocenters. The smallest absolute Gasteiger partial charge is 0.326 e. The van der Waals surface area contributed by atoms with Gasteiger partial charge in [0.25, 0.3) is 5.91 Å². The Morgan fingerprint density at radius 3 is 2.64 bits per heavy atom. The van der Waals surface area contributed by atoms with E-state index in [-0.39, 0.29) is 18.6 Å². The first-order valence-corrected chi connectivity index (χ1v) is 9.47. The van der Waals surface area contributed by atoms with Gasteiger partial charge in [-0.05, 0) is 36.6 Å². The molecule has 6 heteroatoms. The fraction of sp³-hybridized carbons (Fsp3) is 0.273. The van der Waals surface area contributed by atoms with Crippen molar-refractivity contribution < 1.29 is 14.0 Å². The number of nitrogens with one attached hydrogen (secondary N) is 1. The Kier molecular flexibility index (Phi) is 3.77. The average Bonchev–Trinajstić information content (AvgIpc) is 3.24. The molecule has 0 saturated carbocycles. The van der Waals surface area contributed by atoms with Gasteiger partial charge in [0.1, 0.15) is 11.3 Å². The molecule has 3 amide bonds. The highest BCUT2D eigenvalue weighted by Gasteiger charge is 2.51. The van der Waals surface area contributed by atoms with Crippen LogP contribution in [-0.2, 0) is 23.3 Å². The molecule has 0 bridgehead atoms. The summed E-state index contributed by atoms with van der Waals surface area (Å²) in [5.74, 6) is 0.175. The van der Waals surface area contributed by atoms with Gasteiger partial charge in [-0.3, -0.25) is 9.69 Å². The van der Waals surface area contributed by atoms with Gasteiger partial charge in [-0.25, -0.2) is 9.69 Å². The quantitative estimate of drug-likeness (QED) is 0.714. The van der Waals surface area contributed by atoms with Crippen LogP contribution in [0.3, 0.4) is 0 Å². The summed E-state index contributed by atoms with van der Waals surface area (Å²) < 4.78 is 5.88. The van der Waals surface area contributed by atoms with Crippen LogP contribution in [-0.4, -0.2) is 35.0 Å². The van der Waals surface area contributed by atoms with E-state index in [0.717, 1.165) is 24.9 Å². The van der Waals surface area contributed by atoms with Gasteiger partial charge >= 0.3 is 6.03 Å². The van der Waals surface area contributed by atoms with Crippen LogP contribution in [0.1, 0.15) is 23.8 Å². The maximum absolute atomic E-state index is 13.2. The lowest BCUT2D eigenvalue weighted by Crippen LogP contribution is -2.45. The number of fused-ring (bicyclic) bond motifs is 2. The second kappa shape index (κ2) is 6.21. The fourth-order valence-electron chi connectivity index (χ4n) is 4.10. The van der Waals surface area contributed by atoms with Gasteiger partial charge in [0, 0.05) is 18.5 Å². The molecule has 1 aromatic heterocycles. The summed E-state index contributed by atoms with van der Waals surface area (Å²) in [6, 6.07) is 17.3. The van der Waals surface area contributed by atoms with E-state index in [2.05, 4.69) is 22.3 Å². The lowest BCUT2D eigenvalue weighted by Gasteiger charge is -2.31. The Labute approximate surface area is 162 Å². The summed E-state index contributed by atoms with van der Waals surface area (Å²) in [6.45, 7) is 3.52. The highest BCUT2D eigenvalue weighted by atomic mass is 16.3. The molecule has 1 unspecified atom stereocenters. The minimum absolute atomic E-state index is 0.273. The van der Waals surface area contributed by atoms with E-state index in [1.165, 1.54) is 16.0 Å². The largest absolute Gasteiger partial charge is 0.458 e. The summed E-state index contributed by atoms with van der Waals surface area (Å²) in [7, 11) is 0. The Morgan fingerprint density at radius 2 is 1.82 bits per heavy atom. The second-order valence-corrected chi connectivity index (χ2v) is 7.65. The normalized spacial score (nSPS) is 22.5. The molecule has 6 nitrogen and oxygen atoms in total. The number of furan rings is 1. The molecule has 2 aliphatic rings. The van der Waals surface area contributed by atoms with Crippen molar-refractivity contribution in [1.29, 1.82) is 0 Å². The standard InChI is InChI=1S/C22H21N3O3/c1-22(19-12-16-7-4-5-9-18(16)28-19)20(26)25(21(27)23-22)14-24-11-10-15-6-2-3-8-17(15)13-24/h2-9,12H,10-11,13-14H2,1H3,(H,23,27). The van der Waals surface area contributed by atoms with Gasteiger partial charge in [0.15, 0.2) is 5.54 Å². The average molecular weight is 375 g/mol. The van der Waals surface area contributed by atoms with Crippen molar-refractivity contribution in [3.63, 3.8) is 0 Å². The number of carbonyl (C=O) groups excluding carboxylic acids is 2. The summed E-state index contributed by atoms with van der Waals surface area (Å²) >= 11 is 0. The number of para-hydroxylation sites is 1. The number of nitrogens with zero attached hydrogens (tertiary/aromatic N) is 2. The van der Waals surface area contributed by atoms with Crippen LogP contribution in [0.2, 0.25) is 0 Å². The molecule has 0 spiro atoms. The molecule has 5 rings (SSSR count). The highest BCUT2D eigenvalue weighted by Crippen LogP contribution is 2.33. The van der Waals surface area contributed by atoms with Crippen molar-refractivity contribution in [1.82, 2.24) is 15.1 Å². The Bertz CT molecular complexity index is 1060. The number of benzene rings is 2. The number of carbonyl (C=O) groups is 2. The Hall–Kier alpha value is -3.12. The van der Waals surface area contributed by atoms with Crippen LogP contribution in [0, 0.1) is 0 Å². The third-order valence-electron chi connectivity index (χ3n) is 5.74. The summed E-state index contributed by atoms with van der Waals surface area (Å²) in [5, 5.41) is 3.74. The molecular formula is C22H21N3O3. The molecule has 2 aliphatic heterocycles. The molecule has 3 aromatic rings. The predicted molar refractivity (Wildman–Crippen MR) is 104 cm³/mol. The maximum atomic E-state index is 13.2. The number of imide groups is 1. The van der Waals surface area contributed by atoms with E-state index < -0.39 is 5.54 Å². The lowest BCUT2D eigenvalue weighted by atomic mass is 9.98. The molecular weight excluding hydrogens is 354 g/mol. The SMILES string of the molecule is CC1(c2cc3ccccc3o2)NC(=O)N(CN2CCc3ccccc3C2)C1=O. The van der Waals surface area contributed by atoms with Crippen LogP contribution in [0.4, 0.5) is 4.79 Å². The zero-order chi connectivity index (χ0) is 19.3. The van der Waals surface area contributed by atoms with Crippen molar-refractivity contribution in [2.45, 2.75) is 25.4 Å². The molecule has 0 radical (unpaired) electrons. The molecule has 2 aromatic carbocycles. The number of hydrogen-bond acceptors (Lipinski definition) is 4. The van der Waals surface area contributed by atoms with Crippen LogP contribution >= 0.6 is 0 Å². The fourth-order valence-corrected chi connectivity index (χ4v) is 4.10. The number of hydrogen-bond donors (Lipinski definition) is 1. The van der Waals surface area contributed by atoms with E-state index in [4.69, 9.17) is 4.42 Å². The minimum atomic E-state index is -1.19. The van der Waals surface area contributed by atoms with Crippen molar-refractivity contribution in [3.8, 4) is 0 Å². The van der Waals surface area contributed by atoms with Crippen molar-refractivity contribution in [2.24, 2.45) is 0 Å². The van der Waals surface area contributed by atoms with Crippen molar-refractivity contribution >= 4 is 22.9 Å². The van der Waals surface area contributed by atoms with E-state index >= 15 is 0 Å². The summed E-state index contributed by atoms with van der Waals surface area (Å²) in [6.07, 6.45) is 0.917. The monoisotopic (exact) mass is 375 g/mol. The third kappa shape index (κ3) is 2.60. The number of urea groups is 1. The zero-order valence-electron chi connectivity index (χ0n) is 15.6. The zero-order valence-corrected chi connectivity index (χ0v) is 15.6. The molecule has 0 aliphatic carbocycles. The molecule has 3 heterocycles. The summed E-state index contributed by atoms with van der Waals surface area (Å²) in [5.41, 5.74) is 2.10. The predicted octanol–water partition coefficient (Wildman–Crippen LogP) is 3.22. The Balaban J connectivity index is 1.38. The van der Waals surface area contributed by atoms with Gasteiger partial charge in [0.2, 0.25) is 0 Å². The third-order valence-corrected chi connectivity index (χ3v) is 5.74. The number of rotatable bonds is 3. The van der Waals surface area contributed by atoms with Gasteiger partial charge in [-0.2, -0.15) is 0 Å². The van der Waals surface area contributed by atoms with Crippen LogP contribution < -0.4 is 5.32 Å². The topological polar surface area (TPSA) is 65.8 Å². The molecule has 1 fully saturated rings. The van der Waals surface area contributed by atoms with Gasteiger partial charge < -0.3 is 9.73 Å². The van der Waals surface area contributed by atoms with E-state index in [1.807, 2.05) is 42.5 Å². The van der Waals surface area contributed by atoms with E-state index in [0.29, 0.717) is 11.3 Å². The van der Waals surface area contributed by atoms with Crippen LogP contribution in [0.5, 0.6) is 0 Å². The molecule has 1 N–H and O–H groups in total. The van der Waals surface area contributed by atoms with Crippen molar-refractivity contribution in [2.75, 3.05) is 13.2 Å². The molecule has 142 valence electrons. The first kappa shape index (κ1) is 17.0. The van der Waals surface area contributed by atoms with Crippen molar-refractivity contribution in [3.05, 3.63) is 71.5 Å². The highest BCUT2D eigenvalue weighted by molar-refractivity contribution is 6.07. The lowest BCUT2D eigenvalue weighted by molar-refractivity contribution is -0.133. The second-order valence-electron chi connectivity index (χ2n) is 7.65. The van der Waals surface area contributed by atoms with E-state index in [1.54, 1.807) is 6.92 Å². The minimum Gasteiger partial charge on any atom is -0.458 e. The first-order chi connectivity index (χ1) is 13.5. The first-order valence-electron chi connectivity index (χ1n) is 9.47. The molecule has 28 heavy (non-hydrogen) atoms. The Morgan fingerprint density at radius 1 is 1.07 bits per heavy atom. The number of amides is 3.